The number of para-hydroxylation sites is 2. The molecule has 0 radical (unpaired) electrons. The van der Waals surface area contributed by atoms with E-state index in [1.54, 1.807) is 0 Å². The summed E-state index contributed by atoms with van der Waals surface area (Å²) >= 11 is 0. The summed E-state index contributed by atoms with van der Waals surface area (Å²) in [5.74, 6) is 0.724. The number of aromatic nitrogens is 4. The van der Waals surface area contributed by atoms with Crippen molar-refractivity contribution in [1.29, 1.82) is 0 Å². The van der Waals surface area contributed by atoms with Crippen molar-refractivity contribution in [2.24, 2.45) is 0 Å². The summed E-state index contributed by atoms with van der Waals surface area (Å²) in [7, 11) is 0. The van der Waals surface area contributed by atoms with Gasteiger partial charge in [0.25, 0.3) is 0 Å². The number of rotatable bonds is 4. The van der Waals surface area contributed by atoms with Gasteiger partial charge in [-0.15, -0.1) is 0 Å². The van der Waals surface area contributed by atoms with Crippen molar-refractivity contribution < 1.29 is 0 Å². The average Bonchev–Trinajstić information content (AvgIpc) is 3.57. The van der Waals surface area contributed by atoms with Crippen LogP contribution in [-0.4, -0.2) is 19.5 Å². The molecule has 0 atom stereocenters. The highest BCUT2D eigenvalue weighted by molar-refractivity contribution is 6.09. The summed E-state index contributed by atoms with van der Waals surface area (Å²) < 4.78 is 2.34. The second-order valence-electron chi connectivity index (χ2n) is 12.5. The van der Waals surface area contributed by atoms with Gasteiger partial charge in [-0.3, -0.25) is 4.98 Å². The van der Waals surface area contributed by atoms with E-state index in [-0.39, 0.29) is 5.41 Å². The molecule has 9 rings (SSSR count). The topological polar surface area (TPSA) is 43.6 Å². The van der Waals surface area contributed by atoms with E-state index in [1.807, 2.05) is 18.5 Å². The fourth-order valence-electron chi connectivity index (χ4n) is 7.29. The molecule has 1 aliphatic rings. The Bertz CT molecular complexity index is 2380. The minimum Gasteiger partial charge on any atom is -0.309 e. The standard InChI is InChI=1S/C42H30N4/c1-42(2)35-17-6-3-16-34(35)40-38(42)39(29-12-9-11-28(25-29)30-13-10-24-43-26-30)44-41(45-40)27-20-22-31(23-21-27)46-36-18-7-4-14-32(36)33-15-5-8-19-37(33)46/h3-26H,1-2H3. The lowest BCUT2D eigenvalue weighted by atomic mass is 9.80. The van der Waals surface area contributed by atoms with Gasteiger partial charge in [-0.1, -0.05) is 98.8 Å². The van der Waals surface area contributed by atoms with Crippen molar-refractivity contribution in [2.75, 3.05) is 0 Å². The highest BCUT2D eigenvalue weighted by Gasteiger charge is 2.40. The second kappa shape index (κ2) is 10.1. The molecule has 0 aliphatic heterocycles. The Labute approximate surface area is 267 Å². The molecule has 8 aromatic rings. The van der Waals surface area contributed by atoms with Gasteiger partial charge in [-0.25, -0.2) is 9.97 Å². The molecule has 3 heterocycles. The third kappa shape index (κ3) is 3.97. The molecule has 0 spiro atoms. The molecule has 0 amide bonds. The minimum atomic E-state index is -0.246. The summed E-state index contributed by atoms with van der Waals surface area (Å²) in [6.07, 6.45) is 3.72. The lowest BCUT2D eigenvalue weighted by molar-refractivity contribution is 0.658. The molecule has 1 aliphatic carbocycles. The monoisotopic (exact) mass is 590 g/mol. The number of nitrogens with zero attached hydrogens (tertiary/aromatic N) is 4. The molecular weight excluding hydrogens is 560 g/mol. The van der Waals surface area contributed by atoms with Crippen molar-refractivity contribution >= 4 is 21.8 Å². The van der Waals surface area contributed by atoms with E-state index in [2.05, 4.69) is 151 Å². The maximum Gasteiger partial charge on any atom is 0.160 e. The predicted octanol–water partition coefficient (Wildman–Crippen LogP) is 10.3. The molecule has 0 saturated carbocycles. The van der Waals surface area contributed by atoms with Crippen molar-refractivity contribution in [3.05, 3.63) is 157 Å². The molecule has 0 saturated heterocycles. The first-order chi connectivity index (χ1) is 22.6. The number of pyridine rings is 1. The summed E-state index contributed by atoms with van der Waals surface area (Å²) in [6.45, 7) is 4.57. The van der Waals surface area contributed by atoms with Crippen LogP contribution >= 0.6 is 0 Å². The van der Waals surface area contributed by atoms with E-state index >= 15 is 0 Å². The van der Waals surface area contributed by atoms with Crippen LogP contribution in [0.4, 0.5) is 0 Å². The maximum atomic E-state index is 5.36. The van der Waals surface area contributed by atoms with Gasteiger partial charge in [-0.2, -0.15) is 0 Å². The first-order valence-electron chi connectivity index (χ1n) is 15.7. The van der Waals surface area contributed by atoms with Crippen LogP contribution < -0.4 is 0 Å². The van der Waals surface area contributed by atoms with E-state index in [0.29, 0.717) is 0 Å². The van der Waals surface area contributed by atoms with Gasteiger partial charge < -0.3 is 4.57 Å². The molecule has 4 heteroatoms. The number of hydrogen-bond acceptors (Lipinski definition) is 3. The van der Waals surface area contributed by atoms with Crippen LogP contribution in [0.25, 0.3) is 72.5 Å². The molecule has 0 fully saturated rings. The van der Waals surface area contributed by atoms with Crippen molar-refractivity contribution in [3.63, 3.8) is 0 Å². The molecule has 0 bridgehead atoms. The Kier molecular flexibility index (Phi) is 5.81. The highest BCUT2D eigenvalue weighted by Crippen LogP contribution is 2.51. The van der Waals surface area contributed by atoms with Crippen molar-refractivity contribution in [2.45, 2.75) is 19.3 Å². The van der Waals surface area contributed by atoms with Crippen molar-refractivity contribution in [3.8, 4) is 50.7 Å². The van der Waals surface area contributed by atoms with Crippen LogP contribution in [0.3, 0.4) is 0 Å². The third-order valence-electron chi connectivity index (χ3n) is 9.48. The fourth-order valence-corrected chi connectivity index (χ4v) is 7.29. The fraction of sp³-hybridized carbons (Fsp3) is 0.0714. The zero-order valence-corrected chi connectivity index (χ0v) is 25.6. The minimum absolute atomic E-state index is 0.246. The van der Waals surface area contributed by atoms with Gasteiger partial charge in [0, 0.05) is 62.1 Å². The Balaban J connectivity index is 1.23. The molecule has 4 nitrogen and oxygen atoms in total. The van der Waals surface area contributed by atoms with Crippen LogP contribution in [0.2, 0.25) is 0 Å². The van der Waals surface area contributed by atoms with E-state index in [0.717, 1.165) is 45.2 Å². The van der Waals surface area contributed by atoms with Gasteiger partial charge >= 0.3 is 0 Å². The average molecular weight is 591 g/mol. The van der Waals surface area contributed by atoms with Gasteiger partial charge in [0.1, 0.15) is 0 Å². The van der Waals surface area contributed by atoms with Crippen LogP contribution in [-0.2, 0) is 5.41 Å². The van der Waals surface area contributed by atoms with Crippen molar-refractivity contribution in [1.82, 2.24) is 19.5 Å². The summed E-state index contributed by atoms with van der Waals surface area (Å²) in [5, 5.41) is 2.51. The van der Waals surface area contributed by atoms with Gasteiger partial charge in [-0.05, 0) is 59.7 Å². The van der Waals surface area contributed by atoms with Gasteiger partial charge in [0.05, 0.1) is 22.4 Å². The second-order valence-corrected chi connectivity index (χ2v) is 12.5. The Morgan fingerprint density at radius 2 is 1.20 bits per heavy atom. The summed E-state index contributed by atoms with van der Waals surface area (Å²) in [5.41, 5.74) is 13.1. The lowest BCUT2D eigenvalue weighted by Crippen LogP contribution is -2.17. The van der Waals surface area contributed by atoms with E-state index < -0.39 is 0 Å². The highest BCUT2D eigenvalue weighted by atomic mass is 15.0. The first-order valence-corrected chi connectivity index (χ1v) is 15.7. The Morgan fingerprint density at radius 1 is 0.543 bits per heavy atom. The SMILES string of the molecule is CC1(C)c2ccccc2-c2nc(-c3ccc(-n4c5ccccc5c5ccccc54)cc3)nc(-c3cccc(-c4cccnc4)c3)c21. The van der Waals surface area contributed by atoms with Gasteiger partial charge in [0.2, 0.25) is 0 Å². The molecule has 46 heavy (non-hydrogen) atoms. The smallest absolute Gasteiger partial charge is 0.160 e. The number of hydrogen-bond donors (Lipinski definition) is 0. The normalized spacial score (nSPS) is 13.2. The van der Waals surface area contributed by atoms with Crippen LogP contribution in [0.5, 0.6) is 0 Å². The largest absolute Gasteiger partial charge is 0.309 e. The van der Waals surface area contributed by atoms with E-state index in [4.69, 9.17) is 9.97 Å². The molecule has 218 valence electrons. The molecule has 0 unspecified atom stereocenters. The molecular formula is C42H30N4. The third-order valence-corrected chi connectivity index (χ3v) is 9.48. The zero-order chi connectivity index (χ0) is 30.8. The van der Waals surface area contributed by atoms with Crippen LogP contribution in [0.15, 0.2) is 146 Å². The zero-order valence-electron chi connectivity index (χ0n) is 25.6. The Hall–Kier alpha value is -5.87. The molecule has 0 N–H and O–H groups in total. The van der Waals surface area contributed by atoms with Gasteiger partial charge in [0.15, 0.2) is 5.82 Å². The lowest BCUT2D eigenvalue weighted by Gasteiger charge is -2.24. The van der Waals surface area contributed by atoms with E-state index in [9.17, 15) is 0 Å². The quantitative estimate of drug-likeness (QED) is 0.205. The van der Waals surface area contributed by atoms with Crippen LogP contribution in [0, 0.1) is 0 Å². The van der Waals surface area contributed by atoms with E-state index in [1.165, 1.54) is 38.5 Å². The maximum absolute atomic E-state index is 5.36. The molecule has 5 aromatic carbocycles. The molecule has 3 aromatic heterocycles. The Morgan fingerprint density at radius 3 is 1.93 bits per heavy atom. The first kappa shape index (κ1) is 26.5. The summed E-state index contributed by atoms with van der Waals surface area (Å²) in [6, 6.07) is 47.3. The number of benzene rings is 5. The predicted molar refractivity (Wildman–Crippen MR) is 188 cm³/mol. The number of fused-ring (bicyclic) bond motifs is 6. The summed E-state index contributed by atoms with van der Waals surface area (Å²) in [4.78, 5) is 15.0. The van der Waals surface area contributed by atoms with Crippen LogP contribution in [0.1, 0.15) is 25.0 Å².